The van der Waals surface area contributed by atoms with Crippen LogP contribution >= 0.6 is 12.2 Å². The van der Waals surface area contributed by atoms with Crippen LogP contribution in [0.1, 0.15) is 6.92 Å². The summed E-state index contributed by atoms with van der Waals surface area (Å²) >= 11 is 4.85. The normalized spacial score (nSPS) is 13.2. The van der Waals surface area contributed by atoms with E-state index in [2.05, 4.69) is 0 Å². The first-order valence-corrected chi connectivity index (χ1v) is 4.68. The number of nitrogens with zero attached hydrogens (tertiary/aromatic N) is 1. The Balaban J connectivity index is 3.50. The van der Waals surface area contributed by atoms with E-state index in [0.717, 1.165) is 6.54 Å². The van der Waals surface area contributed by atoms with E-state index in [0.29, 0.717) is 18.2 Å². The Labute approximate surface area is 84.7 Å². The molecule has 0 spiro atoms. The fourth-order valence-electron chi connectivity index (χ4n) is 0.786. The van der Waals surface area contributed by atoms with Crippen molar-refractivity contribution in [2.75, 3.05) is 33.4 Å². The molecule has 4 nitrogen and oxygen atoms in total. The van der Waals surface area contributed by atoms with Gasteiger partial charge >= 0.3 is 0 Å². The monoisotopic (exact) mass is 206 g/mol. The second kappa shape index (κ2) is 7.20. The SMILES string of the molecule is CC(C(N)=S)N(C)CCOCCO. The Kier molecular flexibility index (Phi) is 7.07. The van der Waals surface area contributed by atoms with Crippen molar-refractivity contribution in [3.05, 3.63) is 0 Å². The molecule has 5 heteroatoms. The van der Waals surface area contributed by atoms with Gasteiger partial charge in [0.2, 0.25) is 0 Å². The molecule has 0 aromatic heterocycles. The van der Waals surface area contributed by atoms with E-state index >= 15 is 0 Å². The van der Waals surface area contributed by atoms with Crippen LogP contribution in [0.4, 0.5) is 0 Å². The van der Waals surface area contributed by atoms with Crippen molar-refractivity contribution >= 4 is 17.2 Å². The van der Waals surface area contributed by atoms with Gasteiger partial charge in [-0.25, -0.2) is 0 Å². The van der Waals surface area contributed by atoms with Crippen molar-refractivity contribution in [1.29, 1.82) is 0 Å². The zero-order valence-electron chi connectivity index (χ0n) is 8.19. The van der Waals surface area contributed by atoms with Crippen LogP contribution in [0.5, 0.6) is 0 Å². The molecule has 0 heterocycles. The summed E-state index contributed by atoms with van der Waals surface area (Å²) < 4.78 is 5.11. The zero-order chi connectivity index (χ0) is 10.3. The third kappa shape index (κ3) is 5.93. The summed E-state index contributed by atoms with van der Waals surface area (Å²) in [5, 5.41) is 8.45. The summed E-state index contributed by atoms with van der Waals surface area (Å²) in [5.41, 5.74) is 5.48. The maximum Gasteiger partial charge on any atom is 0.0899 e. The predicted molar refractivity (Wildman–Crippen MR) is 56.8 cm³/mol. The second-order valence-corrected chi connectivity index (χ2v) is 3.37. The molecule has 0 aliphatic carbocycles. The molecule has 13 heavy (non-hydrogen) atoms. The first-order valence-electron chi connectivity index (χ1n) is 4.27. The lowest BCUT2D eigenvalue weighted by Gasteiger charge is -2.23. The molecule has 0 saturated heterocycles. The van der Waals surface area contributed by atoms with Gasteiger partial charge in [0.1, 0.15) is 0 Å². The van der Waals surface area contributed by atoms with Crippen molar-refractivity contribution in [2.24, 2.45) is 5.73 Å². The number of ether oxygens (including phenoxy) is 1. The molecule has 0 amide bonds. The fraction of sp³-hybridized carbons (Fsp3) is 0.875. The molecule has 1 unspecified atom stereocenters. The van der Waals surface area contributed by atoms with Crippen molar-refractivity contribution in [3.63, 3.8) is 0 Å². The smallest absolute Gasteiger partial charge is 0.0899 e. The third-order valence-corrected chi connectivity index (χ3v) is 2.24. The van der Waals surface area contributed by atoms with Crippen LogP contribution in [-0.4, -0.2) is 54.4 Å². The first-order chi connectivity index (χ1) is 6.09. The summed E-state index contributed by atoms with van der Waals surface area (Å²) in [5.74, 6) is 0. The molecule has 0 aliphatic heterocycles. The molecule has 0 rings (SSSR count). The largest absolute Gasteiger partial charge is 0.394 e. The van der Waals surface area contributed by atoms with Gasteiger partial charge in [0.15, 0.2) is 0 Å². The molecule has 1 atom stereocenters. The lowest BCUT2D eigenvalue weighted by atomic mass is 10.3. The Morgan fingerprint density at radius 2 is 2.23 bits per heavy atom. The van der Waals surface area contributed by atoms with E-state index in [1.807, 2.05) is 18.9 Å². The number of hydrogen-bond acceptors (Lipinski definition) is 4. The van der Waals surface area contributed by atoms with E-state index < -0.39 is 0 Å². The number of aliphatic hydroxyl groups is 1. The number of likely N-dealkylation sites (N-methyl/N-ethyl adjacent to an activating group) is 1. The van der Waals surface area contributed by atoms with Gasteiger partial charge in [-0.15, -0.1) is 0 Å². The molecule has 3 N–H and O–H groups in total. The first kappa shape index (κ1) is 12.8. The molecule has 0 aromatic carbocycles. The maximum absolute atomic E-state index is 8.45. The second-order valence-electron chi connectivity index (χ2n) is 2.89. The van der Waals surface area contributed by atoms with Crippen molar-refractivity contribution in [3.8, 4) is 0 Å². The van der Waals surface area contributed by atoms with Crippen molar-refractivity contribution in [2.45, 2.75) is 13.0 Å². The highest BCUT2D eigenvalue weighted by Crippen LogP contribution is 1.94. The van der Waals surface area contributed by atoms with E-state index in [-0.39, 0.29) is 12.6 Å². The molecule has 0 radical (unpaired) electrons. The van der Waals surface area contributed by atoms with Gasteiger partial charge in [-0.05, 0) is 14.0 Å². The Bertz CT molecular complexity index is 155. The summed E-state index contributed by atoms with van der Waals surface area (Å²) in [6.07, 6.45) is 0. The van der Waals surface area contributed by atoms with Crippen LogP contribution in [0.2, 0.25) is 0 Å². The van der Waals surface area contributed by atoms with E-state index in [9.17, 15) is 0 Å². The quantitative estimate of drug-likeness (QED) is 0.438. The average Bonchev–Trinajstić information content (AvgIpc) is 2.10. The minimum Gasteiger partial charge on any atom is -0.394 e. The van der Waals surface area contributed by atoms with Gasteiger partial charge in [-0.2, -0.15) is 0 Å². The molecule has 0 aliphatic rings. The molecule has 0 fully saturated rings. The lowest BCUT2D eigenvalue weighted by Crippen LogP contribution is -2.40. The molecule has 0 saturated carbocycles. The summed E-state index contributed by atoms with van der Waals surface area (Å²) in [6.45, 7) is 3.75. The minimum atomic E-state index is 0.0641. The van der Waals surface area contributed by atoms with Gasteiger partial charge in [-0.1, -0.05) is 12.2 Å². The molecule has 0 bridgehead atoms. The number of thiocarbonyl (C=S) groups is 1. The number of nitrogens with two attached hydrogens (primary N) is 1. The highest BCUT2D eigenvalue weighted by molar-refractivity contribution is 7.80. The summed E-state index contributed by atoms with van der Waals surface area (Å²) in [6, 6.07) is 0.0905. The van der Waals surface area contributed by atoms with Crippen LogP contribution in [0.25, 0.3) is 0 Å². The Morgan fingerprint density at radius 1 is 1.62 bits per heavy atom. The summed E-state index contributed by atoms with van der Waals surface area (Å²) in [4.78, 5) is 2.50. The Hall–Kier alpha value is -0.230. The van der Waals surface area contributed by atoms with Crippen LogP contribution in [0.3, 0.4) is 0 Å². The highest BCUT2D eigenvalue weighted by Gasteiger charge is 2.10. The standard InChI is InChI=1S/C8H18N2O2S/c1-7(8(9)13)10(2)3-5-12-6-4-11/h7,11H,3-6H2,1-2H3,(H2,9,13). The van der Waals surface area contributed by atoms with E-state index in [1.165, 1.54) is 0 Å². The number of aliphatic hydroxyl groups excluding tert-OH is 1. The van der Waals surface area contributed by atoms with Crippen LogP contribution < -0.4 is 5.73 Å². The molecular weight excluding hydrogens is 188 g/mol. The molecular formula is C8H18N2O2S. The molecule has 0 aromatic rings. The van der Waals surface area contributed by atoms with Crippen LogP contribution in [-0.2, 0) is 4.74 Å². The Morgan fingerprint density at radius 3 is 2.69 bits per heavy atom. The van der Waals surface area contributed by atoms with E-state index in [1.54, 1.807) is 0 Å². The molecule has 78 valence electrons. The van der Waals surface area contributed by atoms with E-state index in [4.69, 9.17) is 27.8 Å². The van der Waals surface area contributed by atoms with Crippen molar-refractivity contribution in [1.82, 2.24) is 4.90 Å². The van der Waals surface area contributed by atoms with Gasteiger partial charge < -0.3 is 15.6 Å². The lowest BCUT2D eigenvalue weighted by molar-refractivity contribution is 0.0765. The number of rotatable bonds is 7. The average molecular weight is 206 g/mol. The number of hydrogen-bond donors (Lipinski definition) is 2. The predicted octanol–water partition coefficient (Wildman–Crippen LogP) is -0.398. The zero-order valence-corrected chi connectivity index (χ0v) is 9.01. The third-order valence-electron chi connectivity index (χ3n) is 1.90. The van der Waals surface area contributed by atoms with Gasteiger partial charge in [-0.3, -0.25) is 4.90 Å². The van der Waals surface area contributed by atoms with Crippen LogP contribution in [0.15, 0.2) is 0 Å². The van der Waals surface area contributed by atoms with Crippen LogP contribution in [0, 0.1) is 0 Å². The van der Waals surface area contributed by atoms with Gasteiger partial charge in [0, 0.05) is 6.54 Å². The topological polar surface area (TPSA) is 58.7 Å². The minimum absolute atomic E-state index is 0.0641. The highest BCUT2D eigenvalue weighted by atomic mass is 32.1. The fourth-order valence-corrected chi connectivity index (χ4v) is 0.966. The van der Waals surface area contributed by atoms with Crippen molar-refractivity contribution < 1.29 is 9.84 Å². The maximum atomic E-state index is 8.45. The van der Waals surface area contributed by atoms with Gasteiger partial charge in [0.25, 0.3) is 0 Å². The summed E-state index contributed by atoms with van der Waals surface area (Å²) in [7, 11) is 1.94. The van der Waals surface area contributed by atoms with Gasteiger partial charge in [0.05, 0.1) is 30.9 Å².